The summed E-state index contributed by atoms with van der Waals surface area (Å²) in [5.74, 6) is 0.582. The maximum Gasteiger partial charge on any atom is 0.257 e. The highest BCUT2D eigenvalue weighted by atomic mass is 16.5. The number of nitrogens with zero attached hydrogens (tertiary/aromatic N) is 1. The SMILES string of the molecule is CN(C)C(CNC(=O)COc1cccc(NC(=O)C2CC2)c1)Cc1ccccc1. The number of carbonyl (C=O) groups is 2. The first-order chi connectivity index (χ1) is 14.0. The molecule has 0 bridgehead atoms. The molecule has 2 aromatic carbocycles. The Balaban J connectivity index is 1.44. The molecule has 6 nitrogen and oxygen atoms in total. The van der Waals surface area contributed by atoms with Crippen LogP contribution in [-0.4, -0.2) is 50.0 Å². The Bertz CT molecular complexity index is 819. The maximum atomic E-state index is 12.2. The van der Waals surface area contributed by atoms with Crippen LogP contribution in [0.4, 0.5) is 5.69 Å². The lowest BCUT2D eigenvalue weighted by molar-refractivity contribution is -0.123. The van der Waals surface area contributed by atoms with Crippen LogP contribution in [0.3, 0.4) is 0 Å². The molecule has 0 radical (unpaired) electrons. The van der Waals surface area contributed by atoms with Crippen molar-refractivity contribution in [2.45, 2.75) is 25.3 Å². The molecule has 1 fully saturated rings. The van der Waals surface area contributed by atoms with Crippen LogP contribution in [-0.2, 0) is 16.0 Å². The monoisotopic (exact) mass is 395 g/mol. The van der Waals surface area contributed by atoms with Crippen LogP contribution in [0.1, 0.15) is 18.4 Å². The minimum Gasteiger partial charge on any atom is -0.484 e. The van der Waals surface area contributed by atoms with Gasteiger partial charge in [0.1, 0.15) is 5.75 Å². The first kappa shape index (κ1) is 20.9. The Kier molecular flexibility index (Phi) is 7.25. The first-order valence-electron chi connectivity index (χ1n) is 10.0. The fourth-order valence-corrected chi connectivity index (χ4v) is 3.01. The maximum absolute atomic E-state index is 12.2. The molecular weight excluding hydrogens is 366 g/mol. The fraction of sp³-hybridized carbons (Fsp3) is 0.391. The van der Waals surface area contributed by atoms with E-state index in [2.05, 4.69) is 27.7 Å². The number of carbonyl (C=O) groups excluding carboxylic acids is 2. The standard InChI is InChI=1S/C23H29N3O3/c1-26(2)20(13-17-7-4-3-5-8-17)15-24-22(27)16-29-21-10-6-9-19(14-21)25-23(28)18-11-12-18/h3-10,14,18,20H,11-13,15-16H2,1-2H3,(H,24,27)(H,25,28). The number of nitrogens with one attached hydrogen (secondary N) is 2. The van der Waals surface area contributed by atoms with E-state index in [0.29, 0.717) is 18.0 Å². The smallest absolute Gasteiger partial charge is 0.257 e. The number of hydrogen-bond acceptors (Lipinski definition) is 4. The van der Waals surface area contributed by atoms with Gasteiger partial charge in [-0.25, -0.2) is 0 Å². The Morgan fingerprint density at radius 3 is 2.55 bits per heavy atom. The average Bonchev–Trinajstić information content (AvgIpc) is 3.56. The summed E-state index contributed by atoms with van der Waals surface area (Å²) in [7, 11) is 4.02. The number of anilines is 1. The molecule has 0 saturated heterocycles. The Labute approximate surface area is 172 Å². The van der Waals surface area contributed by atoms with Gasteiger partial charge in [0.15, 0.2) is 6.61 Å². The summed E-state index contributed by atoms with van der Waals surface area (Å²) >= 11 is 0. The van der Waals surface area contributed by atoms with Crippen molar-refractivity contribution in [1.29, 1.82) is 0 Å². The highest BCUT2D eigenvalue weighted by Crippen LogP contribution is 2.30. The lowest BCUT2D eigenvalue weighted by atomic mass is 10.1. The first-order valence-corrected chi connectivity index (χ1v) is 10.0. The fourth-order valence-electron chi connectivity index (χ4n) is 3.01. The van der Waals surface area contributed by atoms with E-state index in [1.165, 1.54) is 5.56 Å². The van der Waals surface area contributed by atoms with Gasteiger partial charge in [0.05, 0.1) is 0 Å². The normalized spacial score (nSPS) is 14.3. The van der Waals surface area contributed by atoms with Gasteiger partial charge in [-0.15, -0.1) is 0 Å². The lowest BCUT2D eigenvalue weighted by Crippen LogP contribution is -2.42. The van der Waals surface area contributed by atoms with Crippen molar-refractivity contribution in [3.05, 3.63) is 60.2 Å². The van der Waals surface area contributed by atoms with Gasteiger partial charge in [-0.05, 0) is 51.1 Å². The molecule has 1 aliphatic carbocycles. The molecule has 0 spiro atoms. The zero-order valence-electron chi connectivity index (χ0n) is 17.1. The van der Waals surface area contributed by atoms with Crippen LogP contribution in [0, 0.1) is 5.92 Å². The molecular formula is C23H29N3O3. The molecule has 1 unspecified atom stereocenters. The van der Waals surface area contributed by atoms with Crippen molar-refractivity contribution < 1.29 is 14.3 Å². The van der Waals surface area contributed by atoms with E-state index in [1.54, 1.807) is 18.2 Å². The predicted molar refractivity (Wildman–Crippen MR) is 114 cm³/mol. The molecule has 154 valence electrons. The van der Waals surface area contributed by atoms with Crippen LogP contribution in [0.5, 0.6) is 5.75 Å². The number of rotatable bonds is 10. The van der Waals surface area contributed by atoms with E-state index in [4.69, 9.17) is 4.74 Å². The second-order valence-corrected chi connectivity index (χ2v) is 7.69. The van der Waals surface area contributed by atoms with Gasteiger partial charge in [-0.3, -0.25) is 9.59 Å². The minimum atomic E-state index is -0.169. The van der Waals surface area contributed by atoms with Crippen LogP contribution < -0.4 is 15.4 Å². The van der Waals surface area contributed by atoms with Crippen molar-refractivity contribution in [3.63, 3.8) is 0 Å². The molecule has 0 heterocycles. The Morgan fingerprint density at radius 1 is 1.10 bits per heavy atom. The molecule has 2 N–H and O–H groups in total. The summed E-state index contributed by atoms with van der Waals surface area (Å²) in [6.45, 7) is 0.479. The zero-order chi connectivity index (χ0) is 20.6. The number of hydrogen-bond donors (Lipinski definition) is 2. The third-order valence-corrected chi connectivity index (χ3v) is 5.00. The molecule has 1 aliphatic rings. The molecule has 3 rings (SSSR count). The predicted octanol–water partition coefficient (Wildman–Crippen LogP) is 2.70. The molecule has 2 aromatic rings. The van der Waals surface area contributed by atoms with Crippen LogP contribution in [0.25, 0.3) is 0 Å². The minimum absolute atomic E-state index is 0.0491. The van der Waals surface area contributed by atoms with Crippen LogP contribution in [0.2, 0.25) is 0 Å². The van der Waals surface area contributed by atoms with E-state index in [1.807, 2.05) is 38.4 Å². The summed E-state index contributed by atoms with van der Waals surface area (Å²) in [5, 5.41) is 5.83. The van der Waals surface area contributed by atoms with E-state index >= 15 is 0 Å². The largest absolute Gasteiger partial charge is 0.484 e. The number of benzene rings is 2. The molecule has 1 saturated carbocycles. The van der Waals surface area contributed by atoms with E-state index in [0.717, 1.165) is 19.3 Å². The van der Waals surface area contributed by atoms with E-state index in [-0.39, 0.29) is 30.4 Å². The van der Waals surface area contributed by atoms with Gasteiger partial charge in [0.2, 0.25) is 5.91 Å². The van der Waals surface area contributed by atoms with Crippen molar-refractivity contribution in [1.82, 2.24) is 10.2 Å². The summed E-state index contributed by atoms with van der Waals surface area (Å²) in [4.78, 5) is 26.2. The van der Waals surface area contributed by atoms with E-state index in [9.17, 15) is 9.59 Å². The van der Waals surface area contributed by atoms with Crippen molar-refractivity contribution in [2.75, 3.05) is 32.6 Å². The summed E-state index contributed by atoms with van der Waals surface area (Å²) < 4.78 is 5.60. The molecule has 6 heteroatoms. The highest BCUT2D eigenvalue weighted by Gasteiger charge is 2.29. The number of ether oxygens (including phenoxy) is 1. The van der Waals surface area contributed by atoms with Gasteiger partial charge >= 0.3 is 0 Å². The van der Waals surface area contributed by atoms with Gasteiger partial charge in [-0.2, -0.15) is 0 Å². The zero-order valence-corrected chi connectivity index (χ0v) is 17.1. The summed E-state index contributed by atoms with van der Waals surface area (Å²) in [6, 6.07) is 17.6. The number of amides is 2. The van der Waals surface area contributed by atoms with E-state index < -0.39 is 0 Å². The molecule has 0 aliphatic heterocycles. The average molecular weight is 396 g/mol. The topological polar surface area (TPSA) is 70.7 Å². The molecule has 29 heavy (non-hydrogen) atoms. The van der Waals surface area contributed by atoms with Crippen molar-refractivity contribution in [3.8, 4) is 5.75 Å². The quantitative estimate of drug-likeness (QED) is 0.649. The lowest BCUT2D eigenvalue weighted by Gasteiger charge is -2.24. The second kappa shape index (κ2) is 10.1. The van der Waals surface area contributed by atoms with Gasteiger partial charge < -0.3 is 20.3 Å². The Morgan fingerprint density at radius 2 is 1.86 bits per heavy atom. The van der Waals surface area contributed by atoms with Crippen molar-refractivity contribution >= 4 is 17.5 Å². The second-order valence-electron chi connectivity index (χ2n) is 7.69. The van der Waals surface area contributed by atoms with Crippen LogP contribution >= 0.6 is 0 Å². The molecule has 1 atom stereocenters. The summed E-state index contributed by atoms with van der Waals surface area (Å²) in [6.07, 6.45) is 2.78. The van der Waals surface area contributed by atoms with Crippen molar-refractivity contribution in [2.24, 2.45) is 5.92 Å². The summed E-state index contributed by atoms with van der Waals surface area (Å²) in [5.41, 5.74) is 1.93. The third-order valence-electron chi connectivity index (χ3n) is 5.00. The third kappa shape index (κ3) is 6.91. The van der Waals surface area contributed by atoms with Gasteiger partial charge in [0, 0.05) is 30.3 Å². The highest BCUT2D eigenvalue weighted by molar-refractivity contribution is 5.94. The Hall–Kier alpha value is -2.86. The van der Waals surface area contributed by atoms with Gasteiger partial charge in [-0.1, -0.05) is 36.4 Å². The van der Waals surface area contributed by atoms with Gasteiger partial charge in [0.25, 0.3) is 5.91 Å². The molecule has 0 aromatic heterocycles. The number of likely N-dealkylation sites (N-methyl/N-ethyl adjacent to an activating group) is 1. The molecule has 2 amide bonds. The van der Waals surface area contributed by atoms with Crippen LogP contribution in [0.15, 0.2) is 54.6 Å².